The third-order valence-corrected chi connectivity index (χ3v) is 6.89. The van der Waals surface area contributed by atoms with Gasteiger partial charge < -0.3 is 5.73 Å². The first-order valence-corrected chi connectivity index (χ1v) is 9.32. The molecule has 6 nitrogen and oxygen atoms in total. The molecule has 1 heterocycles. The first-order chi connectivity index (χ1) is 9.91. The molecule has 0 aromatic carbocycles. The molecule has 0 atom stereocenters. The number of amides is 1. The maximum atomic E-state index is 12.7. The fourth-order valence-electron chi connectivity index (χ4n) is 3.44. The molecule has 2 fully saturated rings. The fraction of sp³-hybridized carbons (Fsp3) is 0.929. The largest absolute Gasteiger partial charge is 0.370 e. The predicted octanol–water partition coefficient (Wildman–Crippen LogP) is 1.08. The Morgan fingerprint density at radius 2 is 1.71 bits per heavy atom. The molecule has 7 heteroatoms. The molecule has 1 saturated carbocycles. The van der Waals surface area contributed by atoms with Gasteiger partial charge in [0.05, 0.1) is 0 Å². The maximum Gasteiger partial charge on any atom is 0.281 e. The van der Waals surface area contributed by atoms with Gasteiger partial charge in [0.25, 0.3) is 10.2 Å². The lowest BCUT2D eigenvalue weighted by Gasteiger charge is -2.37. The number of rotatable bonds is 5. The first-order valence-electron chi connectivity index (χ1n) is 7.92. The summed E-state index contributed by atoms with van der Waals surface area (Å²) in [4.78, 5) is 10.9. The van der Waals surface area contributed by atoms with E-state index in [0.29, 0.717) is 19.5 Å². The van der Waals surface area contributed by atoms with Crippen LogP contribution in [0, 0.1) is 5.92 Å². The van der Waals surface area contributed by atoms with Crippen molar-refractivity contribution in [3.8, 4) is 0 Å². The molecule has 2 N–H and O–H groups in total. The zero-order valence-electron chi connectivity index (χ0n) is 12.8. The molecule has 0 unspecified atom stereocenters. The number of nitrogens with zero attached hydrogens (tertiary/aromatic N) is 2. The number of hydrogen-bond acceptors (Lipinski definition) is 3. The quantitative estimate of drug-likeness (QED) is 0.823. The lowest BCUT2D eigenvalue weighted by molar-refractivity contribution is -0.119. The van der Waals surface area contributed by atoms with Gasteiger partial charge in [-0.15, -0.1) is 0 Å². The molecule has 21 heavy (non-hydrogen) atoms. The van der Waals surface area contributed by atoms with E-state index in [-0.39, 0.29) is 17.9 Å². The van der Waals surface area contributed by atoms with E-state index in [0.717, 1.165) is 38.5 Å². The van der Waals surface area contributed by atoms with Crippen LogP contribution in [-0.2, 0) is 15.0 Å². The molecule has 0 bridgehead atoms. The van der Waals surface area contributed by atoms with Crippen molar-refractivity contribution in [1.29, 1.82) is 0 Å². The molecule has 1 aliphatic carbocycles. The molecule has 2 aliphatic rings. The second-order valence-corrected chi connectivity index (χ2v) is 8.32. The highest BCUT2D eigenvalue weighted by molar-refractivity contribution is 7.86. The van der Waals surface area contributed by atoms with Crippen LogP contribution in [0.15, 0.2) is 0 Å². The van der Waals surface area contributed by atoms with Crippen molar-refractivity contribution < 1.29 is 13.2 Å². The summed E-state index contributed by atoms with van der Waals surface area (Å²) < 4.78 is 28.5. The van der Waals surface area contributed by atoms with E-state index in [1.807, 2.05) is 0 Å². The van der Waals surface area contributed by atoms with Crippen LogP contribution in [0.25, 0.3) is 0 Å². The summed E-state index contributed by atoms with van der Waals surface area (Å²) >= 11 is 0. The van der Waals surface area contributed by atoms with E-state index in [9.17, 15) is 13.2 Å². The van der Waals surface area contributed by atoms with Crippen molar-refractivity contribution in [3.63, 3.8) is 0 Å². The van der Waals surface area contributed by atoms with Crippen molar-refractivity contribution in [1.82, 2.24) is 8.61 Å². The van der Waals surface area contributed by atoms with Gasteiger partial charge in [-0.3, -0.25) is 4.79 Å². The highest BCUT2D eigenvalue weighted by atomic mass is 32.2. The Morgan fingerprint density at radius 1 is 1.14 bits per heavy atom. The third kappa shape index (κ3) is 4.17. The number of piperidine rings is 1. The first kappa shape index (κ1) is 16.7. The number of carbonyl (C=O) groups excluding carboxylic acids is 1. The van der Waals surface area contributed by atoms with Crippen molar-refractivity contribution in [2.24, 2.45) is 11.7 Å². The van der Waals surface area contributed by atoms with Crippen LogP contribution < -0.4 is 5.73 Å². The average molecular weight is 317 g/mol. The topological polar surface area (TPSA) is 83.7 Å². The zero-order chi connectivity index (χ0) is 15.5. The second kappa shape index (κ2) is 7.07. The lowest BCUT2D eigenvalue weighted by Crippen LogP contribution is -2.49. The summed E-state index contributed by atoms with van der Waals surface area (Å²) in [6.45, 7) is 0.995. The Morgan fingerprint density at radius 3 is 2.24 bits per heavy atom. The van der Waals surface area contributed by atoms with Crippen LogP contribution in [0.4, 0.5) is 0 Å². The van der Waals surface area contributed by atoms with E-state index in [1.165, 1.54) is 6.42 Å². The summed E-state index contributed by atoms with van der Waals surface area (Å²) in [6.07, 6.45) is 7.19. The van der Waals surface area contributed by atoms with Crippen molar-refractivity contribution in [2.45, 2.75) is 57.4 Å². The Kier molecular flexibility index (Phi) is 5.62. The van der Waals surface area contributed by atoms with Crippen molar-refractivity contribution in [2.75, 3.05) is 20.1 Å². The van der Waals surface area contributed by atoms with Gasteiger partial charge in [-0.2, -0.15) is 17.0 Å². The summed E-state index contributed by atoms with van der Waals surface area (Å²) in [7, 11) is -1.65. The number of carbonyl (C=O) groups is 1. The second-order valence-electron chi connectivity index (χ2n) is 6.33. The van der Waals surface area contributed by atoms with E-state index in [4.69, 9.17) is 5.73 Å². The minimum atomic E-state index is -3.36. The minimum absolute atomic E-state index is 0.145. The highest BCUT2D eigenvalue weighted by Crippen LogP contribution is 2.27. The predicted molar refractivity (Wildman–Crippen MR) is 81.7 cm³/mol. The van der Waals surface area contributed by atoms with E-state index in [1.54, 1.807) is 15.7 Å². The summed E-state index contributed by atoms with van der Waals surface area (Å²) in [5, 5.41) is 0. The minimum Gasteiger partial charge on any atom is -0.370 e. The Bertz CT molecular complexity index is 452. The molecule has 1 saturated heterocycles. The van der Waals surface area contributed by atoms with Gasteiger partial charge in [0.2, 0.25) is 5.91 Å². The van der Waals surface area contributed by atoms with Crippen molar-refractivity contribution >= 4 is 16.1 Å². The van der Waals surface area contributed by atoms with Gasteiger partial charge in [-0.05, 0) is 31.6 Å². The molecule has 2 rings (SSSR count). The van der Waals surface area contributed by atoms with Crippen LogP contribution in [-0.4, -0.2) is 49.1 Å². The van der Waals surface area contributed by atoms with Gasteiger partial charge in [0.1, 0.15) is 0 Å². The van der Waals surface area contributed by atoms with Crippen LogP contribution in [0.3, 0.4) is 0 Å². The zero-order valence-corrected chi connectivity index (χ0v) is 13.6. The SMILES string of the molecule is CN(C1CCCCC1)S(=O)(=O)N1CCC(CC(N)=O)CC1. The number of nitrogens with two attached hydrogens (primary N) is 1. The number of primary amides is 1. The molecular formula is C14H27N3O3S. The summed E-state index contributed by atoms with van der Waals surface area (Å²) in [6, 6.07) is 0.145. The molecule has 0 radical (unpaired) electrons. The monoisotopic (exact) mass is 317 g/mol. The Labute approximate surface area is 127 Å². The van der Waals surface area contributed by atoms with E-state index >= 15 is 0 Å². The molecular weight excluding hydrogens is 290 g/mol. The third-order valence-electron chi connectivity index (χ3n) is 4.84. The Hall–Kier alpha value is -0.660. The van der Waals surface area contributed by atoms with Crippen LogP contribution in [0.1, 0.15) is 51.4 Å². The standard InChI is InChI=1S/C14H27N3O3S/c1-16(13-5-3-2-4-6-13)21(19,20)17-9-7-12(8-10-17)11-14(15)18/h12-13H,2-11H2,1H3,(H2,15,18). The molecule has 0 aromatic heterocycles. The van der Waals surface area contributed by atoms with Gasteiger partial charge >= 0.3 is 0 Å². The van der Waals surface area contributed by atoms with Crippen LogP contribution >= 0.6 is 0 Å². The average Bonchev–Trinajstić information content (AvgIpc) is 2.47. The molecule has 1 amide bonds. The molecule has 122 valence electrons. The van der Waals surface area contributed by atoms with Gasteiger partial charge in [-0.25, -0.2) is 0 Å². The van der Waals surface area contributed by atoms with E-state index in [2.05, 4.69) is 0 Å². The summed E-state index contributed by atoms with van der Waals surface area (Å²) in [5.74, 6) is -0.0652. The van der Waals surface area contributed by atoms with Crippen molar-refractivity contribution in [3.05, 3.63) is 0 Å². The lowest BCUT2D eigenvalue weighted by atomic mass is 9.94. The molecule has 0 aromatic rings. The molecule has 1 aliphatic heterocycles. The van der Waals surface area contributed by atoms with Crippen LogP contribution in [0.2, 0.25) is 0 Å². The smallest absolute Gasteiger partial charge is 0.281 e. The van der Waals surface area contributed by atoms with Gasteiger partial charge in [0, 0.05) is 32.6 Å². The van der Waals surface area contributed by atoms with Crippen LogP contribution in [0.5, 0.6) is 0 Å². The van der Waals surface area contributed by atoms with Gasteiger partial charge in [-0.1, -0.05) is 19.3 Å². The molecule has 0 spiro atoms. The Balaban J connectivity index is 1.92. The van der Waals surface area contributed by atoms with E-state index < -0.39 is 10.2 Å². The fourth-order valence-corrected chi connectivity index (χ4v) is 5.07. The van der Waals surface area contributed by atoms with Gasteiger partial charge in [0.15, 0.2) is 0 Å². The highest BCUT2D eigenvalue weighted by Gasteiger charge is 2.35. The summed E-state index contributed by atoms with van der Waals surface area (Å²) in [5.41, 5.74) is 5.21. The normalized spacial score (nSPS) is 23.5. The maximum absolute atomic E-state index is 12.7. The number of hydrogen-bond donors (Lipinski definition) is 1.